The summed E-state index contributed by atoms with van der Waals surface area (Å²) in [5.74, 6) is 3.70. The molecule has 0 N–H and O–H groups in total. The van der Waals surface area contributed by atoms with Gasteiger partial charge in [0.15, 0.2) is 40.3 Å². The zero-order valence-corrected chi connectivity index (χ0v) is 24.0. The van der Waals surface area contributed by atoms with Gasteiger partial charge in [0.05, 0.1) is 39.9 Å². The van der Waals surface area contributed by atoms with Gasteiger partial charge >= 0.3 is 0 Å². The molecule has 0 saturated carbocycles. The molecular weight excluding hydrogens is 524 g/mol. The van der Waals surface area contributed by atoms with Gasteiger partial charge in [0, 0.05) is 24.8 Å². The minimum absolute atomic E-state index is 0.0498. The molecule has 2 aromatic heterocycles. The van der Waals surface area contributed by atoms with Gasteiger partial charge in [-0.25, -0.2) is 14.5 Å². The van der Waals surface area contributed by atoms with E-state index in [0.717, 1.165) is 11.1 Å². The monoisotopic (exact) mass is 556 g/mol. The molecule has 0 fully saturated rings. The van der Waals surface area contributed by atoms with Crippen LogP contribution in [0.5, 0.6) is 28.9 Å². The zero-order valence-electron chi connectivity index (χ0n) is 24.0. The SMILES string of the molecule is COc1ccc(Cc2nc3c4c(ncn3n2)OC2=C(C(=O)CC(C)(C)C2)[C@@H]4c2ccc(OC)c(OC)c2)cc1OC. The van der Waals surface area contributed by atoms with Crippen LogP contribution in [0.1, 0.15) is 55.1 Å². The minimum Gasteiger partial charge on any atom is -0.493 e. The van der Waals surface area contributed by atoms with Gasteiger partial charge in [-0.05, 0) is 40.8 Å². The first-order valence-electron chi connectivity index (χ1n) is 13.4. The summed E-state index contributed by atoms with van der Waals surface area (Å²) >= 11 is 0. The Bertz CT molecular complexity index is 1710. The van der Waals surface area contributed by atoms with Crippen molar-refractivity contribution in [1.29, 1.82) is 0 Å². The highest BCUT2D eigenvalue weighted by atomic mass is 16.5. The number of allylic oxidation sites excluding steroid dienone is 2. The normalized spacial score (nSPS) is 17.5. The Morgan fingerprint density at radius 1 is 0.927 bits per heavy atom. The van der Waals surface area contributed by atoms with Crippen molar-refractivity contribution in [3.8, 4) is 28.9 Å². The predicted molar refractivity (Wildman–Crippen MR) is 150 cm³/mol. The Hall–Kier alpha value is -4.60. The number of rotatable bonds is 7. The van der Waals surface area contributed by atoms with Gasteiger partial charge < -0.3 is 23.7 Å². The molecule has 0 bridgehead atoms. The second-order valence-electron chi connectivity index (χ2n) is 11.1. The molecular formula is C31H32N4O6. The lowest BCUT2D eigenvalue weighted by Crippen LogP contribution is -2.33. The molecule has 3 heterocycles. The molecule has 10 nitrogen and oxygen atoms in total. The number of fused-ring (bicyclic) bond motifs is 3. The van der Waals surface area contributed by atoms with Crippen LogP contribution in [0.15, 0.2) is 54.1 Å². The van der Waals surface area contributed by atoms with Crippen molar-refractivity contribution in [1.82, 2.24) is 19.6 Å². The summed E-state index contributed by atoms with van der Waals surface area (Å²) < 4.78 is 30.0. The summed E-state index contributed by atoms with van der Waals surface area (Å²) in [7, 11) is 6.40. The molecule has 2 aromatic carbocycles. The Kier molecular flexibility index (Phi) is 6.56. The Labute approximate surface area is 237 Å². The van der Waals surface area contributed by atoms with E-state index in [9.17, 15) is 4.79 Å². The molecule has 1 aliphatic carbocycles. The largest absolute Gasteiger partial charge is 0.493 e. The number of carbonyl (C=O) groups excluding carboxylic acids is 1. The number of ether oxygens (including phenoxy) is 5. The lowest BCUT2D eigenvalue weighted by Gasteiger charge is -2.37. The van der Waals surface area contributed by atoms with Gasteiger partial charge in [-0.1, -0.05) is 26.0 Å². The maximum Gasteiger partial charge on any atom is 0.228 e. The fraction of sp³-hybridized carbons (Fsp3) is 0.355. The first-order valence-corrected chi connectivity index (χ1v) is 13.4. The van der Waals surface area contributed by atoms with Crippen LogP contribution in [0, 0.1) is 5.41 Å². The van der Waals surface area contributed by atoms with E-state index in [2.05, 4.69) is 18.8 Å². The number of benzene rings is 2. The molecule has 41 heavy (non-hydrogen) atoms. The summed E-state index contributed by atoms with van der Waals surface area (Å²) in [5.41, 5.74) is 3.49. The molecule has 0 unspecified atom stereocenters. The van der Waals surface area contributed by atoms with E-state index < -0.39 is 5.92 Å². The summed E-state index contributed by atoms with van der Waals surface area (Å²) in [6, 6.07) is 11.4. The van der Waals surface area contributed by atoms with Crippen molar-refractivity contribution in [3.05, 3.63) is 76.6 Å². The van der Waals surface area contributed by atoms with Crippen LogP contribution in [0.2, 0.25) is 0 Å². The van der Waals surface area contributed by atoms with Crippen LogP contribution >= 0.6 is 0 Å². The summed E-state index contributed by atoms with van der Waals surface area (Å²) in [5, 5.41) is 4.72. The molecule has 0 amide bonds. The highest BCUT2D eigenvalue weighted by Gasteiger charge is 2.44. The quantitative estimate of drug-likeness (QED) is 0.314. The van der Waals surface area contributed by atoms with Crippen molar-refractivity contribution in [2.45, 2.75) is 39.0 Å². The third-order valence-electron chi connectivity index (χ3n) is 7.66. The molecule has 0 radical (unpaired) electrons. The van der Waals surface area contributed by atoms with Gasteiger partial charge in [0.2, 0.25) is 5.88 Å². The Morgan fingerprint density at radius 3 is 2.32 bits per heavy atom. The molecule has 212 valence electrons. The summed E-state index contributed by atoms with van der Waals surface area (Å²) in [6.07, 6.45) is 3.11. The average molecular weight is 557 g/mol. The molecule has 0 saturated heterocycles. The average Bonchev–Trinajstić information content (AvgIpc) is 3.37. The topological polar surface area (TPSA) is 106 Å². The van der Waals surface area contributed by atoms with Crippen LogP contribution in [0.25, 0.3) is 5.65 Å². The number of Topliss-reactive ketones (excluding diaryl/α,β-unsaturated/α-hetero) is 1. The highest BCUT2D eigenvalue weighted by Crippen LogP contribution is 2.51. The van der Waals surface area contributed by atoms with Crippen molar-refractivity contribution < 1.29 is 28.5 Å². The minimum atomic E-state index is -0.466. The lowest BCUT2D eigenvalue weighted by atomic mass is 9.70. The number of carbonyl (C=O) groups is 1. The second-order valence-corrected chi connectivity index (χ2v) is 11.1. The van der Waals surface area contributed by atoms with E-state index in [-0.39, 0.29) is 11.2 Å². The van der Waals surface area contributed by atoms with Gasteiger partial charge in [0.1, 0.15) is 12.1 Å². The van der Waals surface area contributed by atoms with E-state index in [1.54, 1.807) is 39.3 Å². The van der Waals surface area contributed by atoms with Gasteiger partial charge in [0.25, 0.3) is 0 Å². The van der Waals surface area contributed by atoms with Crippen LogP contribution in [0.4, 0.5) is 0 Å². The third-order valence-corrected chi connectivity index (χ3v) is 7.66. The predicted octanol–water partition coefficient (Wildman–Crippen LogP) is 4.92. The maximum atomic E-state index is 13.7. The summed E-state index contributed by atoms with van der Waals surface area (Å²) in [6.45, 7) is 4.16. The van der Waals surface area contributed by atoms with Crippen molar-refractivity contribution in [3.63, 3.8) is 0 Å². The smallest absolute Gasteiger partial charge is 0.228 e. The van der Waals surface area contributed by atoms with Gasteiger partial charge in [-0.15, -0.1) is 5.10 Å². The fourth-order valence-electron chi connectivity index (χ4n) is 5.80. The van der Waals surface area contributed by atoms with E-state index in [1.807, 2.05) is 36.4 Å². The maximum absolute atomic E-state index is 13.7. The number of ketones is 1. The zero-order chi connectivity index (χ0) is 28.9. The second kappa shape index (κ2) is 10.1. The Morgan fingerprint density at radius 2 is 1.61 bits per heavy atom. The first kappa shape index (κ1) is 26.6. The number of nitrogens with zero attached hydrogens (tertiary/aromatic N) is 4. The molecule has 10 heteroatoms. The summed E-state index contributed by atoms with van der Waals surface area (Å²) in [4.78, 5) is 23.3. The van der Waals surface area contributed by atoms with Crippen molar-refractivity contribution >= 4 is 11.4 Å². The van der Waals surface area contributed by atoms with Gasteiger partial charge in [-0.2, -0.15) is 0 Å². The van der Waals surface area contributed by atoms with E-state index in [4.69, 9.17) is 33.8 Å². The number of aromatic nitrogens is 4. The van der Waals surface area contributed by atoms with Crippen LogP contribution < -0.4 is 23.7 Å². The number of hydrogen-bond donors (Lipinski definition) is 0. The molecule has 6 rings (SSSR count). The number of methoxy groups -OCH3 is 4. The van der Waals surface area contributed by atoms with E-state index in [1.165, 1.54) is 0 Å². The van der Waals surface area contributed by atoms with Crippen LogP contribution in [0.3, 0.4) is 0 Å². The Balaban J connectivity index is 1.50. The third kappa shape index (κ3) is 4.63. The fourth-order valence-corrected chi connectivity index (χ4v) is 5.80. The lowest BCUT2D eigenvalue weighted by molar-refractivity contribution is -0.118. The molecule has 4 aromatic rings. The van der Waals surface area contributed by atoms with Crippen molar-refractivity contribution in [2.75, 3.05) is 28.4 Å². The molecule has 1 atom stereocenters. The van der Waals surface area contributed by atoms with Crippen LogP contribution in [-0.4, -0.2) is 53.8 Å². The van der Waals surface area contributed by atoms with Crippen LogP contribution in [-0.2, 0) is 11.2 Å². The van der Waals surface area contributed by atoms with E-state index >= 15 is 0 Å². The van der Waals surface area contributed by atoms with Crippen molar-refractivity contribution in [2.24, 2.45) is 5.41 Å². The number of hydrogen-bond acceptors (Lipinski definition) is 9. The highest BCUT2D eigenvalue weighted by molar-refractivity contribution is 6.00. The first-order chi connectivity index (χ1) is 19.7. The molecule has 2 aliphatic rings. The standard InChI is InChI=1S/C31H32N4O6/c1-31(2)14-19(36)27-24(15-31)41-30-28(26(27)18-8-10-21(38-4)23(13-18)40-6)29-33-25(34-35(29)16-32-30)12-17-7-9-20(37-3)22(11-17)39-5/h7-11,13,16,26H,12,14-15H2,1-6H3/t26-/m0/s1. The molecule has 0 spiro atoms. The van der Waals surface area contributed by atoms with E-state index in [0.29, 0.717) is 76.5 Å². The van der Waals surface area contributed by atoms with Gasteiger partial charge in [-0.3, -0.25) is 4.79 Å². The molecule has 1 aliphatic heterocycles.